The summed E-state index contributed by atoms with van der Waals surface area (Å²) in [5.74, 6) is -5.56. The number of amides is 2. The van der Waals surface area contributed by atoms with E-state index in [1.165, 1.54) is 0 Å². The molecule has 0 aromatic heterocycles. The molecule has 0 N–H and O–H groups in total. The Morgan fingerprint density at radius 1 is 0.633 bits per heavy atom. The molecule has 2 amide bonds. The third kappa shape index (κ3) is 4.05. The minimum Gasteiger partial charge on any atom is -0.297 e. The Hall–Kier alpha value is -5.44. The number of allylic oxidation sites excluding steroid dienone is 2. The van der Waals surface area contributed by atoms with Crippen molar-refractivity contribution in [1.29, 1.82) is 0 Å². The van der Waals surface area contributed by atoms with Crippen LogP contribution in [0.4, 0.5) is 15.8 Å². The molecule has 2 fully saturated rings. The summed E-state index contributed by atoms with van der Waals surface area (Å²) < 4.78 is 14.3. The molecule has 49 heavy (non-hydrogen) atoms. The standard InChI is InChI=1S/C39H23Cl2FN2O5/c40-26-15-11-24(12-16-26)38-31(22-7-3-1-4-8-22)32(23-9-5-2-6-10-23)39(37(38)47,25-13-17-27(41)18-14-25)34-33(38)35(45)43(36(34)46)29-20-19-28(42)21-30(29)44(48)49/h1-21,33-34H/t33-,34+,38-,39-/m0/s1. The number of nitro groups is 1. The number of rotatable bonds is 6. The van der Waals surface area contributed by atoms with Crippen LogP contribution in [0.15, 0.2) is 127 Å². The van der Waals surface area contributed by atoms with E-state index >= 15 is 14.4 Å². The first-order chi connectivity index (χ1) is 23.6. The highest BCUT2D eigenvalue weighted by Gasteiger charge is 2.83. The lowest BCUT2D eigenvalue weighted by Crippen LogP contribution is -2.45. The summed E-state index contributed by atoms with van der Waals surface area (Å²) >= 11 is 12.7. The van der Waals surface area contributed by atoms with Crippen molar-refractivity contribution in [2.45, 2.75) is 10.8 Å². The zero-order chi connectivity index (χ0) is 34.2. The molecule has 2 bridgehead atoms. The van der Waals surface area contributed by atoms with Gasteiger partial charge in [0, 0.05) is 10.0 Å². The second kappa shape index (κ2) is 11.1. The van der Waals surface area contributed by atoms with Crippen LogP contribution in [0.3, 0.4) is 0 Å². The Kier molecular flexibility index (Phi) is 6.96. The molecule has 1 saturated carbocycles. The Morgan fingerprint density at radius 3 is 1.47 bits per heavy atom. The molecule has 0 radical (unpaired) electrons. The van der Waals surface area contributed by atoms with Gasteiger partial charge in [0.1, 0.15) is 11.5 Å². The number of hydrogen-bond acceptors (Lipinski definition) is 5. The predicted molar refractivity (Wildman–Crippen MR) is 183 cm³/mol. The van der Waals surface area contributed by atoms with Crippen molar-refractivity contribution >= 4 is 63.3 Å². The number of imide groups is 1. The number of Topliss-reactive ketones (excluding diaryl/α,β-unsaturated/α-hetero) is 1. The van der Waals surface area contributed by atoms with Crippen molar-refractivity contribution in [3.63, 3.8) is 0 Å². The first-order valence-electron chi connectivity index (χ1n) is 15.4. The van der Waals surface area contributed by atoms with Gasteiger partial charge in [0.25, 0.3) is 5.69 Å². The maximum Gasteiger partial charge on any atom is 0.296 e. The molecule has 5 aromatic rings. The Morgan fingerprint density at radius 2 is 1.06 bits per heavy atom. The number of carbonyl (C=O) groups excluding carboxylic acids is 3. The van der Waals surface area contributed by atoms with E-state index < -0.39 is 50.9 Å². The Balaban J connectivity index is 1.55. The van der Waals surface area contributed by atoms with Crippen LogP contribution in [-0.2, 0) is 25.2 Å². The Labute approximate surface area is 289 Å². The fraction of sp³-hybridized carbons (Fsp3) is 0.103. The normalized spacial score (nSPS) is 24.1. The van der Waals surface area contributed by atoms with Gasteiger partial charge in [-0.15, -0.1) is 0 Å². The summed E-state index contributed by atoms with van der Waals surface area (Å²) in [6, 6.07) is 34.4. The van der Waals surface area contributed by atoms with E-state index in [1.54, 1.807) is 48.5 Å². The average molecular weight is 690 g/mol. The maximum atomic E-state index is 15.9. The molecule has 4 atom stereocenters. The number of benzene rings is 5. The summed E-state index contributed by atoms with van der Waals surface area (Å²) in [6.45, 7) is 0. The molecule has 1 heterocycles. The quantitative estimate of drug-likeness (QED) is 0.102. The second-order valence-corrected chi connectivity index (χ2v) is 13.2. The molecule has 0 unspecified atom stereocenters. The van der Waals surface area contributed by atoms with Crippen molar-refractivity contribution in [2.75, 3.05) is 4.90 Å². The maximum absolute atomic E-state index is 15.9. The molecule has 0 spiro atoms. The summed E-state index contributed by atoms with van der Waals surface area (Å²) in [5.41, 5.74) is -1.35. The van der Waals surface area contributed by atoms with Gasteiger partial charge in [-0.05, 0) is 69.8 Å². The molecular weight excluding hydrogens is 666 g/mol. The van der Waals surface area contributed by atoms with Gasteiger partial charge >= 0.3 is 0 Å². The van der Waals surface area contributed by atoms with Crippen molar-refractivity contribution in [2.24, 2.45) is 11.8 Å². The van der Waals surface area contributed by atoms with E-state index in [0.29, 0.717) is 49.5 Å². The first-order valence-corrected chi connectivity index (χ1v) is 16.1. The number of nitro benzene ring substituents is 1. The molecule has 7 nitrogen and oxygen atoms in total. The van der Waals surface area contributed by atoms with Crippen molar-refractivity contribution in [1.82, 2.24) is 0 Å². The van der Waals surface area contributed by atoms with E-state index in [-0.39, 0.29) is 11.5 Å². The lowest BCUT2D eigenvalue weighted by atomic mass is 9.59. The van der Waals surface area contributed by atoms with E-state index in [0.717, 1.165) is 17.0 Å². The minimum absolute atomic E-state index is 0.373. The van der Waals surface area contributed by atoms with Gasteiger partial charge in [0.05, 0.1) is 33.7 Å². The molecule has 240 valence electrons. The van der Waals surface area contributed by atoms with Crippen molar-refractivity contribution in [3.8, 4) is 0 Å². The van der Waals surface area contributed by atoms with Gasteiger partial charge in [-0.1, -0.05) is 108 Å². The van der Waals surface area contributed by atoms with Crippen molar-refractivity contribution in [3.05, 3.63) is 176 Å². The van der Waals surface area contributed by atoms with Crippen LogP contribution >= 0.6 is 23.2 Å². The molecule has 2 aliphatic carbocycles. The summed E-state index contributed by atoms with van der Waals surface area (Å²) in [6.07, 6.45) is 0. The van der Waals surface area contributed by atoms with Gasteiger partial charge in [-0.3, -0.25) is 24.5 Å². The fourth-order valence-corrected chi connectivity index (χ4v) is 8.68. The molecule has 10 heteroatoms. The van der Waals surface area contributed by atoms with E-state index in [1.807, 2.05) is 60.7 Å². The predicted octanol–water partition coefficient (Wildman–Crippen LogP) is 8.23. The molecular formula is C39H23Cl2FN2O5. The van der Waals surface area contributed by atoms with Crippen LogP contribution in [0.5, 0.6) is 0 Å². The number of carbonyl (C=O) groups is 3. The summed E-state index contributed by atoms with van der Waals surface area (Å²) in [7, 11) is 0. The first kappa shape index (κ1) is 30.9. The topological polar surface area (TPSA) is 97.6 Å². The van der Waals surface area contributed by atoms with Gasteiger partial charge in [0.15, 0.2) is 5.78 Å². The van der Waals surface area contributed by atoms with E-state index in [4.69, 9.17) is 23.2 Å². The molecule has 5 aromatic carbocycles. The highest BCUT2D eigenvalue weighted by molar-refractivity contribution is 6.39. The van der Waals surface area contributed by atoms with Crippen molar-refractivity contribution < 1.29 is 23.7 Å². The van der Waals surface area contributed by atoms with Gasteiger partial charge in [0.2, 0.25) is 11.8 Å². The molecule has 8 rings (SSSR count). The minimum atomic E-state index is -1.75. The van der Waals surface area contributed by atoms with Crippen LogP contribution in [0.2, 0.25) is 10.0 Å². The summed E-state index contributed by atoms with van der Waals surface area (Å²) in [4.78, 5) is 58.2. The third-order valence-corrected chi connectivity index (χ3v) is 10.6. The molecule has 1 saturated heterocycles. The smallest absolute Gasteiger partial charge is 0.296 e. The SMILES string of the molecule is O=C1[C@@H]2[C@H](C(=O)N1c1ccc(F)cc1[N+](=O)[O-])[C@@]1(c3ccc(Cl)cc3)C(=O)[C@@]2(c2ccc(Cl)cc2)C(c2ccccc2)=C1c1ccccc1. The number of fused-ring (bicyclic) bond motifs is 5. The van der Waals surface area contributed by atoms with Crippen LogP contribution in [0.25, 0.3) is 11.1 Å². The molecule has 3 aliphatic rings. The van der Waals surface area contributed by atoms with Crippen LogP contribution in [0.1, 0.15) is 22.3 Å². The number of ketones is 1. The second-order valence-electron chi connectivity index (χ2n) is 12.3. The highest BCUT2D eigenvalue weighted by Crippen LogP contribution is 2.74. The van der Waals surface area contributed by atoms with Gasteiger partial charge in [-0.25, -0.2) is 9.29 Å². The lowest BCUT2D eigenvalue weighted by molar-refractivity contribution is -0.384. The van der Waals surface area contributed by atoms with Crippen LogP contribution in [-0.4, -0.2) is 22.5 Å². The zero-order valence-corrected chi connectivity index (χ0v) is 26.9. The van der Waals surface area contributed by atoms with E-state index in [2.05, 4.69) is 0 Å². The number of nitrogens with zero attached hydrogens (tertiary/aromatic N) is 2. The van der Waals surface area contributed by atoms with E-state index in [9.17, 15) is 14.5 Å². The van der Waals surface area contributed by atoms with Crippen LogP contribution in [0, 0.1) is 27.8 Å². The lowest BCUT2D eigenvalue weighted by Gasteiger charge is -2.39. The number of hydrogen-bond donors (Lipinski definition) is 0. The fourth-order valence-electron chi connectivity index (χ4n) is 8.43. The average Bonchev–Trinajstić information content (AvgIpc) is 3.61. The zero-order valence-electron chi connectivity index (χ0n) is 25.3. The van der Waals surface area contributed by atoms with Crippen LogP contribution < -0.4 is 4.90 Å². The molecule has 1 aliphatic heterocycles. The van der Waals surface area contributed by atoms with Gasteiger partial charge in [-0.2, -0.15) is 0 Å². The highest BCUT2D eigenvalue weighted by atomic mass is 35.5. The number of halogens is 3. The Bertz CT molecular complexity index is 2130. The van der Waals surface area contributed by atoms with Gasteiger partial charge < -0.3 is 0 Å². The number of anilines is 1. The largest absolute Gasteiger partial charge is 0.297 e. The summed E-state index contributed by atoms with van der Waals surface area (Å²) in [5, 5.41) is 13.0. The third-order valence-electron chi connectivity index (χ3n) is 10.1. The monoisotopic (exact) mass is 688 g/mol.